The minimum Gasteiger partial charge on any atom is -0.408 e. The molecule has 7 nitrogen and oxygen atoms in total. The number of fused-ring (bicyclic) bond motifs is 1. The molecule has 0 bridgehead atoms. The van der Waals surface area contributed by atoms with Crippen molar-refractivity contribution in [2.45, 2.75) is 26.3 Å². The van der Waals surface area contributed by atoms with E-state index in [4.69, 9.17) is 4.42 Å². The summed E-state index contributed by atoms with van der Waals surface area (Å²) >= 11 is 0. The molecular weight excluding hydrogens is 334 g/mol. The molecule has 2 N–H and O–H groups in total. The summed E-state index contributed by atoms with van der Waals surface area (Å²) in [4.78, 5) is 35.8. The molecule has 3 aromatic rings. The Hall–Kier alpha value is -3.35. The standard InChI is InChI=1S/C19H19N3O4/c1-13-7-2-3-8-14(13)18(24)21-20-17(23)11-6-12-22-15-9-4-5-10-16(15)26-19(22)25/h2-5,7-10H,6,11-12H2,1H3,(H,20,23)(H,21,24). The maximum atomic E-state index is 12.0. The predicted octanol–water partition coefficient (Wildman–Crippen LogP) is 2.14. The maximum Gasteiger partial charge on any atom is 0.419 e. The van der Waals surface area contributed by atoms with Crippen LogP contribution in [0.1, 0.15) is 28.8 Å². The topological polar surface area (TPSA) is 93.3 Å². The molecule has 0 atom stereocenters. The third-order valence-corrected chi connectivity index (χ3v) is 4.06. The number of nitrogens with one attached hydrogen (secondary N) is 2. The zero-order chi connectivity index (χ0) is 18.5. The van der Waals surface area contributed by atoms with Gasteiger partial charge >= 0.3 is 5.76 Å². The number of hydrogen-bond donors (Lipinski definition) is 2. The molecule has 26 heavy (non-hydrogen) atoms. The second-order valence-electron chi connectivity index (χ2n) is 5.91. The second-order valence-corrected chi connectivity index (χ2v) is 5.91. The van der Waals surface area contributed by atoms with Crippen molar-refractivity contribution in [3.8, 4) is 0 Å². The summed E-state index contributed by atoms with van der Waals surface area (Å²) in [6.07, 6.45) is 0.607. The third-order valence-electron chi connectivity index (χ3n) is 4.06. The van der Waals surface area contributed by atoms with Crippen molar-refractivity contribution in [2.24, 2.45) is 0 Å². The molecule has 0 saturated carbocycles. The number of hydrogen-bond acceptors (Lipinski definition) is 4. The molecule has 1 aromatic heterocycles. The summed E-state index contributed by atoms with van der Waals surface area (Å²) in [6, 6.07) is 14.2. The number of aromatic nitrogens is 1. The Bertz CT molecular complexity index is 1000. The van der Waals surface area contributed by atoms with Crippen molar-refractivity contribution in [2.75, 3.05) is 0 Å². The fraction of sp³-hybridized carbons (Fsp3) is 0.211. The number of rotatable bonds is 5. The van der Waals surface area contributed by atoms with Crippen LogP contribution >= 0.6 is 0 Å². The Labute approximate surface area is 149 Å². The number of carbonyl (C=O) groups excluding carboxylic acids is 2. The Morgan fingerprint density at radius 3 is 2.58 bits per heavy atom. The van der Waals surface area contributed by atoms with Gasteiger partial charge in [0.1, 0.15) is 0 Å². The van der Waals surface area contributed by atoms with Gasteiger partial charge in [0.2, 0.25) is 5.91 Å². The van der Waals surface area contributed by atoms with Crippen LogP contribution in [-0.2, 0) is 11.3 Å². The van der Waals surface area contributed by atoms with Crippen LogP contribution in [0.5, 0.6) is 0 Å². The highest BCUT2D eigenvalue weighted by atomic mass is 16.4. The molecule has 0 fully saturated rings. The lowest BCUT2D eigenvalue weighted by molar-refractivity contribution is -0.122. The fourth-order valence-corrected chi connectivity index (χ4v) is 2.71. The van der Waals surface area contributed by atoms with Gasteiger partial charge < -0.3 is 4.42 Å². The van der Waals surface area contributed by atoms with E-state index in [1.807, 2.05) is 25.1 Å². The highest BCUT2D eigenvalue weighted by Gasteiger charge is 2.11. The number of carbonyl (C=O) groups is 2. The highest BCUT2D eigenvalue weighted by molar-refractivity contribution is 5.96. The largest absolute Gasteiger partial charge is 0.419 e. The van der Waals surface area contributed by atoms with Gasteiger partial charge in [-0.15, -0.1) is 0 Å². The SMILES string of the molecule is Cc1ccccc1C(=O)NNC(=O)CCCn1c(=O)oc2ccccc21. The number of aryl methyl sites for hydroxylation is 2. The average molecular weight is 353 g/mol. The fourth-order valence-electron chi connectivity index (χ4n) is 2.71. The number of para-hydroxylation sites is 2. The quantitative estimate of drug-likeness (QED) is 0.687. The molecular formula is C19H19N3O4. The van der Waals surface area contributed by atoms with Crippen molar-refractivity contribution in [3.05, 3.63) is 70.2 Å². The van der Waals surface area contributed by atoms with Crippen LogP contribution in [-0.4, -0.2) is 16.4 Å². The van der Waals surface area contributed by atoms with E-state index in [9.17, 15) is 14.4 Å². The Kier molecular flexibility index (Phi) is 5.17. The van der Waals surface area contributed by atoms with Gasteiger partial charge in [-0.1, -0.05) is 30.3 Å². The van der Waals surface area contributed by atoms with Gasteiger partial charge in [0.05, 0.1) is 5.52 Å². The van der Waals surface area contributed by atoms with Gasteiger partial charge in [-0.25, -0.2) is 4.79 Å². The summed E-state index contributed by atoms with van der Waals surface area (Å²) in [5.74, 6) is -1.14. The van der Waals surface area contributed by atoms with Gasteiger partial charge in [-0.3, -0.25) is 25.0 Å². The normalized spacial score (nSPS) is 10.7. The first kappa shape index (κ1) is 17.5. The van der Waals surface area contributed by atoms with Crippen LogP contribution in [0.4, 0.5) is 0 Å². The Morgan fingerprint density at radius 1 is 1.04 bits per heavy atom. The van der Waals surface area contributed by atoms with E-state index in [-0.39, 0.29) is 18.2 Å². The van der Waals surface area contributed by atoms with Gasteiger partial charge in [0.15, 0.2) is 5.58 Å². The van der Waals surface area contributed by atoms with Crippen molar-refractivity contribution in [1.29, 1.82) is 0 Å². The molecule has 3 rings (SSSR count). The lowest BCUT2D eigenvalue weighted by Gasteiger charge is -2.09. The minimum absolute atomic E-state index is 0.167. The highest BCUT2D eigenvalue weighted by Crippen LogP contribution is 2.12. The van der Waals surface area contributed by atoms with E-state index < -0.39 is 5.76 Å². The van der Waals surface area contributed by atoms with Crippen LogP contribution in [0.25, 0.3) is 11.1 Å². The molecule has 0 radical (unpaired) electrons. The van der Waals surface area contributed by atoms with Crippen molar-refractivity contribution >= 4 is 22.9 Å². The van der Waals surface area contributed by atoms with Crippen LogP contribution in [0, 0.1) is 6.92 Å². The van der Waals surface area contributed by atoms with Crippen LogP contribution in [0.3, 0.4) is 0 Å². The maximum absolute atomic E-state index is 12.0. The molecule has 0 spiro atoms. The number of oxazole rings is 1. The second kappa shape index (κ2) is 7.69. The van der Waals surface area contributed by atoms with Crippen molar-refractivity contribution < 1.29 is 14.0 Å². The van der Waals surface area contributed by atoms with E-state index in [2.05, 4.69) is 10.9 Å². The number of hydrazine groups is 1. The summed E-state index contributed by atoms with van der Waals surface area (Å²) in [5, 5.41) is 0. The molecule has 134 valence electrons. The summed E-state index contributed by atoms with van der Waals surface area (Å²) in [7, 11) is 0. The monoisotopic (exact) mass is 353 g/mol. The van der Waals surface area contributed by atoms with Gasteiger partial charge in [-0.05, 0) is 37.1 Å². The Balaban J connectivity index is 1.50. The van der Waals surface area contributed by atoms with E-state index >= 15 is 0 Å². The lowest BCUT2D eigenvalue weighted by Crippen LogP contribution is -2.41. The molecule has 1 heterocycles. The van der Waals surface area contributed by atoms with Gasteiger partial charge in [0.25, 0.3) is 5.91 Å². The molecule has 0 saturated heterocycles. The van der Waals surface area contributed by atoms with Crippen LogP contribution in [0.2, 0.25) is 0 Å². The summed E-state index contributed by atoms with van der Waals surface area (Å²) in [5.41, 5.74) is 7.34. The van der Waals surface area contributed by atoms with Crippen LogP contribution < -0.4 is 16.6 Å². The van der Waals surface area contributed by atoms with Gasteiger partial charge in [0, 0.05) is 18.5 Å². The third kappa shape index (κ3) is 3.83. The first-order valence-corrected chi connectivity index (χ1v) is 8.29. The van der Waals surface area contributed by atoms with Crippen LogP contribution in [0.15, 0.2) is 57.7 Å². The molecule has 0 aliphatic rings. The number of nitrogens with zero attached hydrogens (tertiary/aromatic N) is 1. The molecule has 7 heteroatoms. The van der Waals surface area contributed by atoms with E-state index in [1.54, 1.807) is 30.3 Å². The summed E-state index contributed by atoms with van der Waals surface area (Å²) in [6.45, 7) is 2.18. The Morgan fingerprint density at radius 2 is 1.77 bits per heavy atom. The van der Waals surface area contributed by atoms with E-state index in [1.165, 1.54) is 4.57 Å². The van der Waals surface area contributed by atoms with E-state index in [0.717, 1.165) is 5.56 Å². The molecule has 0 aliphatic carbocycles. The lowest BCUT2D eigenvalue weighted by atomic mass is 10.1. The zero-order valence-electron chi connectivity index (χ0n) is 14.3. The zero-order valence-corrected chi connectivity index (χ0v) is 14.3. The minimum atomic E-state index is -0.445. The number of benzene rings is 2. The molecule has 0 aliphatic heterocycles. The first-order valence-electron chi connectivity index (χ1n) is 8.29. The smallest absolute Gasteiger partial charge is 0.408 e. The first-order chi connectivity index (χ1) is 12.6. The summed E-state index contributed by atoms with van der Waals surface area (Å²) < 4.78 is 6.64. The van der Waals surface area contributed by atoms with Crippen molar-refractivity contribution in [1.82, 2.24) is 15.4 Å². The predicted molar refractivity (Wildman–Crippen MR) is 96.5 cm³/mol. The molecule has 2 aromatic carbocycles. The molecule has 2 amide bonds. The molecule has 0 unspecified atom stereocenters. The van der Waals surface area contributed by atoms with E-state index in [0.29, 0.717) is 29.6 Å². The average Bonchev–Trinajstić information content (AvgIpc) is 2.95. The van der Waals surface area contributed by atoms with Gasteiger partial charge in [-0.2, -0.15) is 0 Å². The number of amides is 2. The van der Waals surface area contributed by atoms with Crippen molar-refractivity contribution in [3.63, 3.8) is 0 Å².